The molecule has 5 aliphatic carbocycles. The maximum atomic E-state index is 13.7. The molecule has 4 atom stereocenters. The molecule has 2 N–H and O–H groups in total. The number of nitrogens with zero attached hydrogens (tertiary/aromatic N) is 1. The van der Waals surface area contributed by atoms with Crippen molar-refractivity contribution in [3.05, 3.63) is 59.2 Å². The summed E-state index contributed by atoms with van der Waals surface area (Å²) in [6.45, 7) is 3.19. The highest BCUT2D eigenvalue weighted by Gasteiger charge is 2.59. The molecular weight excluding hydrogens is 582 g/mol. The topological polar surface area (TPSA) is 127 Å². The molecular formula is C37H43N3O6. The smallest absolute Gasteiger partial charge is 0.309 e. The Labute approximate surface area is 270 Å². The van der Waals surface area contributed by atoms with Crippen LogP contribution >= 0.6 is 0 Å². The van der Waals surface area contributed by atoms with E-state index in [-0.39, 0.29) is 59.2 Å². The van der Waals surface area contributed by atoms with E-state index >= 15 is 0 Å². The van der Waals surface area contributed by atoms with Gasteiger partial charge in [0.2, 0.25) is 5.91 Å². The number of nitrogens with one attached hydrogen (secondary N) is 2. The number of hydrogen-bond donors (Lipinski definition) is 2. The van der Waals surface area contributed by atoms with Gasteiger partial charge in [0.05, 0.1) is 36.2 Å². The summed E-state index contributed by atoms with van der Waals surface area (Å²) in [5.74, 6) is 0.530. The summed E-state index contributed by atoms with van der Waals surface area (Å²) >= 11 is 0. The molecule has 0 heterocycles. The molecule has 9 nitrogen and oxygen atoms in total. The van der Waals surface area contributed by atoms with Crippen LogP contribution in [0.2, 0.25) is 0 Å². The molecule has 4 unspecified atom stereocenters. The predicted octanol–water partition coefficient (Wildman–Crippen LogP) is 5.31. The Hall–Kier alpha value is -4.06. The van der Waals surface area contributed by atoms with Crippen molar-refractivity contribution in [2.75, 3.05) is 13.7 Å². The first-order valence-electron chi connectivity index (χ1n) is 16.8. The van der Waals surface area contributed by atoms with Gasteiger partial charge in [-0.1, -0.05) is 43.7 Å². The van der Waals surface area contributed by atoms with Gasteiger partial charge in [0.1, 0.15) is 24.2 Å². The number of benzene rings is 2. The van der Waals surface area contributed by atoms with Gasteiger partial charge in [0.15, 0.2) is 0 Å². The second-order valence-corrected chi connectivity index (χ2v) is 14.8. The van der Waals surface area contributed by atoms with Gasteiger partial charge in [-0.25, -0.2) is 0 Å². The summed E-state index contributed by atoms with van der Waals surface area (Å²) in [5, 5.41) is 16.2. The first kappa shape index (κ1) is 30.6. The van der Waals surface area contributed by atoms with E-state index in [9.17, 15) is 19.6 Å². The van der Waals surface area contributed by atoms with E-state index in [0.29, 0.717) is 41.0 Å². The van der Waals surface area contributed by atoms with Crippen molar-refractivity contribution in [1.29, 1.82) is 5.26 Å². The molecule has 9 heteroatoms. The van der Waals surface area contributed by atoms with Crippen molar-refractivity contribution in [1.82, 2.24) is 10.6 Å². The fraction of sp³-hybridized carbons (Fsp3) is 0.568. The predicted molar refractivity (Wildman–Crippen MR) is 169 cm³/mol. The molecule has 2 aromatic rings. The van der Waals surface area contributed by atoms with Gasteiger partial charge in [-0.2, -0.15) is 5.26 Å². The fourth-order valence-corrected chi connectivity index (χ4v) is 8.58. The van der Waals surface area contributed by atoms with Crippen LogP contribution in [0.5, 0.6) is 11.5 Å². The minimum absolute atomic E-state index is 0.0387. The number of methoxy groups -OCH3 is 1. The minimum atomic E-state index is -0.328. The molecule has 5 aliphatic rings. The van der Waals surface area contributed by atoms with Crippen molar-refractivity contribution in [3.63, 3.8) is 0 Å². The van der Waals surface area contributed by atoms with E-state index in [1.165, 1.54) is 13.5 Å². The van der Waals surface area contributed by atoms with Crippen LogP contribution in [0.4, 0.5) is 0 Å². The Kier molecular flexibility index (Phi) is 7.94. The van der Waals surface area contributed by atoms with Crippen molar-refractivity contribution in [3.8, 4) is 17.6 Å². The highest BCUT2D eigenvalue weighted by Crippen LogP contribution is 2.60. The molecule has 2 aromatic carbocycles. The molecule has 1 spiro atoms. The monoisotopic (exact) mass is 625 g/mol. The molecule has 7 rings (SSSR count). The third-order valence-electron chi connectivity index (χ3n) is 11.7. The lowest BCUT2D eigenvalue weighted by Gasteiger charge is -2.58. The second-order valence-electron chi connectivity index (χ2n) is 14.8. The highest BCUT2D eigenvalue weighted by atomic mass is 16.5. The summed E-state index contributed by atoms with van der Waals surface area (Å²) in [4.78, 5) is 39.4. The maximum Gasteiger partial charge on any atom is 0.309 e. The van der Waals surface area contributed by atoms with Gasteiger partial charge in [-0.15, -0.1) is 0 Å². The number of carbonyl (C=O) groups is 3. The Morgan fingerprint density at radius 2 is 1.74 bits per heavy atom. The fourth-order valence-electron chi connectivity index (χ4n) is 8.58. The molecule has 0 bridgehead atoms. The zero-order chi connectivity index (χ0) is 32.1. The molecule has 0 radical (unpaired) electrons. The molecule has 5 saturated carbocycles. The van der Waals surface area contributed by atoms with E-state index < -0.39 is 0 Å². The number of hydrogen-bond acceptors (Lipinski definition) is 7. The van der Waals surface area contributed by atoms with Gasteiger partial charge in [0, 0.05) is 18.7 Å². The lowest BCUT2D eigenvalue weighted by Crippen LogP contribution is -2.68. The number of esters is 1. The Bertz CT molecular complexity index is 1550. The number of amides is 2. The van der Waals surface area contributed by atoms with Gasteiger partial charge >= 0.3 is 5.97 Å². The van der Waals surface area contributed by atoms with E-state index in [1.807, 2.05) is 30.3 Å². The first-order chi connectivity index (χ1) is 22.2. The van der Waals surface area contributed by atoms with Crippen molar-refractivity contribution in [2.45, 2.75) is 83.5 Å². The van der Waals surface area contributed by atoms with Crippen LogP contribution in [0.25, 0.3) is 0 Å². The summed E-state index contributed by atoms with van der Waals surface area (Å²) in [6.07, 6.45) is 8.53. The summed E-state index contributed by atoms with van der Waals surface area (Å²) in [7, 11) is 1.48. The lowest BCUT2D eigenvalue weighted by molar-refractivity contribution is -0.169. The number of nitriles is 1. The number of fused-ring (bicyclic) bond motifs is 1. The zero-order valence-corrected chi connectivity index (χ0v) is 26.7. The van der Waals surface area contributed by atoms with E-state index in [4.69, 9.17) is 14.2 Å². The second kappa shape index (κ2) is 11.9. The van der Waals surface area contributed by atoms with Crippen LogP contribution in [0.3, 0.4) is 0 Å². The van der Waals surface area contributed by atoms with Gasteiger partial charge in [0.25, 0.3) is 5.91 Å². The normalized spacial score (nSPS) is 31.2. The first-order valence-corrected chi connectivity index (χ1v) is 16.8. The van der Waals surface area contributed by atoms with E-state index in [1.54, 1.807) is 12.1 Å². The molecule has 0 aromatic heterocycles. The zero-order valence-electron chi connectivity index (χ0n) is 26.7. The molecule has 2 amide bonds. The summed E-state index contributed by atoms with van der Waals surface area (Å²) in [5.41, 5.74) is 1.82. The third-order valence-corrected chi connectivity index (χ3v) is 11.7. The Balaban J connectivity index is 0.950. The van der Waals surface area contributed by atoms with Gasteiger partial charge in [-0.05, 0) is 85.7 Å². The lowest BCUT2D eigenvalue weighted by atomic mass is 9.49. The van der Waals surface area contributed by atoms with Crippen LogP contribution in [0.15, 0.2) is 42.5 Å². The summed E-state index contributed by atoms with van der Waals surface area (Å²) < 4.78 is 17.3. The van der Waals surface area contributed by atoms with Crippen LogP contribution in [-0.4, -0.2) is 43.6 Å². The number of carbonyl (C=O) groups excluding carboxylic acids is 3. The quantitative estimate of drug-likeness (QED) is 0.324. The van der Waals surface area contributed by atoms with Crippen molar-refractivity contribution in [2.24, 2.45) is 34.5 Å². The molecule has 0 aliphatic heterocycles. The van der Waals surface area contributed by atoms with Crippen molar-refractivity contribution < 1.29 is 28.6 Å². The molecule has 46 heavy (non-hydrogen) atoms. The van der Waals surface area contributed by atoms with Gasteiger partial charge in [-0.3, -0.25) is 14.4 Å². The third kappa shape index (κ3) is 5.61. The van der Waals surface area contributed by atoms with Crippen molar-refractivity contribution >= 4 is 17.8 Å². The van der Waals surface area contributed by atoms with E-state index in [2.05, 4.69) is 23.6 Å². The average Bonchev–Trinajstić information content (AvgIpc) is 3.00. The Morgan fingerprint density at radius 3 is 2.37 bits per heavy atom. The highest BCUT2D eigenvalue weighted by molar-refractivity contribution is 5.98. The van der Waals surface area contributed by atoms with Crippen LogP contribution < -0.4 is 20.1 Å². The van der Waals surface area contributed by atoms with Crippen LogP contribution in [-0.2, 0) is 20.9 Å². The summed E-state index contributed by atoms with van der Waals surface area (Å²) in [6, 6.07) is 14.8. The standard InChI is InChI=1S/C37H43N3O6/c1-36(11-6-12-36)21-39-34(42)31-26-9-10-27(26)32(31)40-33(41)28-14-29(23(19-38)13-30(28)44-2)46-25-17-37(18-25)15-24(16-37)35(43)45-20-22-7-4-3-5-8-22/h3-5,7-8,13-14,24-27,31-32H,6,9-12,15-18,20-21H2,1-2H3,(H,39,42)(H,40,41). The Morgan fingerprint density at radius 1 is 1.00 bits per heavy atom. The molecule has 242 valence electrons. The largest absolute Gasteiger partial charge is 0.496 e. The number of ether oxygens (including phenoxy) is 3. The molecule has 5 fully saturated rings. The number of rotatable bonds is 11. The minimum Gasteiger partial charge on any atom is -0.496 e. The van der Waals surface area contributed by atoms with Crippen LogP contribution in [0, 0.1) is 45.8 Å². The maximum absolute atomic E-state index is 13.7. The average molecular weight is 626 g/mol. The SMILES string of the molecule is COc1cc(C#N)c(OC2CC3(C2)CC(C(=O)OCc2ccccc2)C3)cc1C(=O)NC1C2CCC2C1C(=O)NCC1(C)CCC1. The molecule has 0 saturated heterocycles. The van der Waals surface area contributed by atoms with Gasteiger partial charge < -0.3 is 24.8 Å². The van der Waals surface area contributed by atoms with Crippen LogP contribution in [0.1, 0.15) is 86.2 Å². The van der Waals surface area contributed by atoms with E-state index in [0.717, 1.165) is 56.9 Å².